The summed E-state index contributed by atoms with van der Waals surface area (Å²) in [6.45, 7) is 1.63. The van der Waals surface area contributed by atoms with Crippen LogP contribution in [0.4, 0.5) is 13.2 Å². The topological polar surface area (TPSA) is 33.4 Å². The molecule has 2 nitrogen and oxygen atoms in total. The molecule has 0 amide bonds. The number of fused-ring (bicyclic) bond motifs is 1. The van der Waals surface area contributed by atoms with Gasteiger partial charge >= 0.3 is 0 Å². The van der Waals surface area contributed by atoms with Crippen LogP contribution in [-0.2, 0) is 0 Å². The maximum atomic E-state index is 13.7. The lowest BCUT2D eigenvalue weighted by atomic mass is 10.0. The molecule has 0 aliphatic carbocycles. The smallest absolute Gasteiger partial charge is 0.141 e. The maximum absolute atomic E-state index is 13.7. The molecule has 3 aromatic rings. The van der Waals surface area contributed by atoms with Crippen molar-refractivity contribution in [3.63, 3.8) is 0 Å². The van der Waals surface area contributed by atoms with Gasteiger partial charge in [-0.15, -0.1) is 0 Å². The number of benzene rings is 2. The number of aliphatic hydroxyl groups excluding tert-OH is 1. The predicted molar refractivity (Wildman–Crippen MR) is 71.3 cm³/mol. The highest BCUT2D eigenvalue weighted by molar-refractivity contribution is 5.82. The van der Waals surface area contributed by atoms with Gasteiger partial charge < -0.3 is 9.52 Å². The molecule has 0 aliphatic rings. The van der Waals surface area contributed by atoms with Gasteiger partial charge in [-0.3, -0.25) is 0 Å². The first-order chi connectivity index (χ1) is 9.97. The second-order valence-electron chi connectivity index (χ2n) is 4.80. The van der Waals surface area contributed by atoms with E-state index < -0.39 is 23.6 Å². The van der Waals surface area contributed by atoms with Crippen LogP contribution in [-0.4, -0.2) is 5.11 Å². The Morgan fingerprint density at radius 2 is 1.67 bits per heavy atom. The van der Waals surface area contributed by atoms with Crippen LogP contribution in [0.1, 0.15) is 23.0 Å². The van der Waals surface area contributed by atoms with Crippen molar-refractivity contribution in [3.8, 4) is 0 Å². The number of rotatable bonds is 2. The Hall–Kier alpha value is -2.27. The van der Waals surface area contributed by atoms with Crippen LogP contribution in [0.5, 0.6) is 0 Å². The molecule has 1 atom stereocenters. The van der Waals surface area contributed by atoms with E-state index in [-0.39, 0.29) is 11.3 Å². The summed E-state index contributed by atoms with van der Waals surface area (Å²) in [7, 11) is 0. The summed E-state index contributed by atoms with van der Waals surface area (Å²) < 4.78 is 45.7. The number of aryl methyl sites for hydroxylation is 1. The minimum Gasteiger partial charge on any atom is -0.458 e. The van der Waals surface area contributed by atoms with E-state index >= 15 is 0 Å². The third kappa shape index (κ3) is 2.29. The van der Waals surface area contributed by atoms with Crippen LogP contribution < -0.4 is 0 Å². The molecule has 21 heavy (non-hydrogen) atoms. The molecule has 2 aromatic carbocycles. The highest BCUT2D eigenvalue weighted by atomic mass is 19.1. The van der Waals surface area contributed by atoms with E-state index in [1.807, 2.05) is 0 Å². The van der Waals surface area contributed by atoms with Crippen molar-refractivity contribution in [3.05, 3.63) is 70.7 Å². The summed E-state index contributed by atoms with van der Waals surface area (Å²) in [5.41, 5.74) is 0.637. The van der Waals surface area contributed by atoms with E-state index in [9.17, 15) is 18.3 Å². The van der Waals surface area contributed by atoms with E-state index in [1.54, 1.807) is 6.92 Å². The second-order valence-corrected chi connectivity index (χ2v) is 4.80. The lowest BCUT2D eigenvalue weighted by Gasteiger charge is -2.10. The van der Waals surface area contributed by atoms with Gasteiger partial charge in [0.05, 0.1) is 0 Å². The zero-order valence-electron chi connectivity index (χ0n) is 11.0. The molecule has 0 aliphatic heterocycles. The Morgan fingerprint density at radius 3 is 2.43 bits per heavy atom. The van der Waals surface area contributed by atoms with Gasteiger partial charge in [-0.25, -0.2) is 13.2 Å². The largest absolute Gasteiger partial charge is 0.458 e. The van der Waals surface area contributed by atoms with Gasteiger partial charge in [0, 0.05) is 16.5 Å². The fourth-order valence-electron chi connectivity index (χ4n) is 2.34. The van der Waals surface area contributed by atoms with Gasteiger partial charge in [-0.05, 0) is 43.3 Å². The van der Waals surface area contributed by atoms with Crippen molar-refractivity contribution in [2.75, 3.05) is 0 Å². The molecule has 3 rings (SSSR count). The summed E-state index contributed by atoms with van der Waals surface area (Å²) in [4.78, 5) is 0. The van der Waals surface area contributed by atoms with Gasteiger partial charge in [-0.1, -0.05) is 0 Å². The van der Waals surface area contributed by atoms with Gasteiger partial charge in [0.2, 0.25) is 0 Å². The molecule has 1 heterocycles. The first kappa shape index (κ1) is 13.7. The molecule has 5 heteroatoms. The summed E-state index contributed by atoms with van der Waals surface area (Å²) >= 11 is 0. The number of hydrogen-bond donors (Lipinski definition) is 1. The third-order valence-corrected chi connectivity index (χ3v) is 3.44. The molecule has 0 fully saturated rings. The molecule has 1 unspecified atom stereocenters. The Bertz CT molecular complexity index is 824. The molecule has 108 valence electrons. The monoisotopic (exact) mass is 292 g/mol. The zero-order chi connectivity index (χ0) is 15.1. The highest BCUT2D eigenvalue weighted by Gasteiger charge is 2.23. The molecule has 0 spiro atoms. The normalized spacial score (nSPS) is 12.8. The Balaban J connectivity index is 2.15. The van der Waals surface area contributed by atoms with Gasteiger partial charge in [0.15, 0.2) is 0 Å². The van der Waals surface area contributed by atoms with Crippen LogP contribution in [0.15, 0.2) is 40.8 Å². The quantitative estimate of drug-likeness (QED) is 0.766. The van der Waals surface area contributed by atoms with Crippen LogP contribution in [0.2, 0.25) is 0 Å². The lowest BCUT2D eigenvalue weighted by Crippen LogP contribution is -2.03. The average molecular weight is 292 g/mol. The fraction of sp³-hybridized carbons (Fsp3) is 0.125. The molecule has 0 radical (unpaired) electrons. The summed E-state index contributed by atoms with van der Waals surface area (Å²) in [6.07, 6.45) is -1.46. The van der Waals surface area contributed by atoms with E-state index in [2.05, 4.69) is 0 Å². The van der Waals surface area contributed by atoms with E-state index in [0.29, 0.717) is 16.5 Å². The highest BCUT2D eigenvalue weighted by Crippen LogP contribution is 2.34. The molecular formula is C16H11F3O2. The van der Waals surface area contributed by atoms with Crippen molar-refractivity contribution in [2.24, 2.45) is 0 Å². The SMILES string of the molecule is Cc1c(C(O)c2cc(F)ccc2F)oc2ccc(F)cc12. The van der Waals surface area contributed by atoms with Crippen molar-refractivity contribution in [1.82, 2.24) is 0 Å². The van der Waals surface area contributed by atoms with Gasteiger partial charge in [0.1, 0.15) is 34.9 Å². The standard InChI is InChI=1S/C16H11F3O2/c1-8-11-6-10(18)3-5-14(11)21-16(8)15(20)12-7-9(17)2-4-13(12)19/h2-7,15,20H,1H3. The van der Waals surface area contributed by atoms with Crippen molar-refractivity contribution in [2.45, 2.75) is 13.0 Å². The minimum atomic E-state index is -1.46. The van der Waals surface area contributed by atoms with E-state index in [1.165, 1.54) is 18.2 Å². The van der Waals surface area contributed by atoms with Gasteiger partial charge in [-0.2, -0.15) is 0 Å². The van der Waals surface area contributed by atoms with Crippen LogP contribution >= 0.6 is 0 Å². The first-order valence-electron chi connectivity index (χ1n) is 6.29. The first-order valence-corrected chi connectivity index (χ1v) is 6.29. The summed E-state index contributed by atoms with van der Waals surface area (Å²) in [5.74, 6) is -1.77. The maximum Gasteiger partial charge on any atom is 0.141 e. The fourth-order valence-corrected chi connectivity index (χ4v) is 2.34. The van der Waals surface area contributed by atoms with E-state index in [4.69, 9.17) is 4.42 Å². The Labute approximate surface area is 118 Å². The van der Waals surface area contributed by atoms with Crippen LogP contribution in [0.25, 0.3) is 11.0 Å². The van der Waals surface area contributed by atoms with Crippen molar-refractivity contribution < 1.29 is 22.7 Å². The van der Waals surface area contributed by atoms with Crippen molar-refractivity contribution >= 4 is 11.0 Å². The summed E-state index contributed by atoms with van der Waals surface area (Å²) in [5, 5.41) is 10.7. The molecule has 0 saturated heterocycles. The molecular weight excluding hydrogens is 281 g/mol. The Kier molecular flexibility index (Phi) is 3.22. The van der Waals surface area contributed by atoms with Crippen molar-refractivity contribution in [1.29, 1.82) is 0 Å². The molecule has 0 saturated carbocycles. The molecule has 1 N–H and O–H groups in total. The second kappa shape index (κ2) is 4.93. The third-order valence-electron chi connectivity index (χ3n) is 3.44. The molecule has 0 bridgehead atoms. The number of hydrogen-bond acceptors (Lipinski definition) is 2. The van der Waals surface area contributed by atoms with Crippen LogP contribution in [0, 0.1) is 24.4 Å². The zero-order valence-corrected chi connectivity index (χ0v) is 11.0. The van der Waals surface area contributed by atoms with Gasteiger partial charge in [0.25, 0.3) is 0 Å². The number of halogens is 3. The summed E-state index contributed by atoms with van der Waals surface area (Å²) in [6, 6.07) is 6.73. The predicted octanol–water partition coefficient (Wildman–Crippen LogP) is 4.24. The molecule has 1 aromatic heterocycles. The number of furan rings is 1. The average Bonchev–Trinajstić information content (AvgIpc) is 2.78. The Morgan fingerprint density at radius 1 is 1.00 bits per heavy atom. The minimum absolute atomic E-state index is 0.0695. The number of aliphatic hydroxyl groups is 1. The van der Waals surface area contributed by atoms with E-state index in [0.717, 1.165) is 18.2 Å². The van der Waals surface area contributed by atoms with Crippen LogP contribution in [0.3, 0.4) is 0 Å². The lowest BCUT2D eigenvalue weighted by molar-refractivity contribution is 0.186.